The fraction of sp³-hybridized carbons (Fsp3) is 0.310. The van der Waals surface area contributed by atoms with Crippen LogP contribution < -0.4 is 0 Å². The van der Waals surface area contributed by atoms with E-state index in [1.54, 1.807) is 12.1 Å². The van der Waals surface area contributed by atoms with Crippen molar-refractivity contribution in [1.82, 2.24) is 19.2 Å². The molecule has 5 rings (SSSR count). The number of benzene rings is 2. The predicted octanol–water partition coefficient (Wildman–Crippen LogP) is 5.27. The fourth-order valence-corrected chi connectivity index (χ4v) is 4.89. The van der Waals surface area contributed by atoms with E-state index in [4.69, 9.17) is 4.98 Å². The zero-order chi connectivity index (χ0) is 25.9. The Labute approximate surface area is 216 Å². The van der Waals surface area contributed by atoms with Gasteiger partial charge in [-0.1, -0.05) is 56.3 Å². The second kappa shape index (κ2) is 10.5. The Morgan fingerprint density at radius 3 is 2.38 bits per heavy atom. The molecule has 8 nitrogen and oxygen atoms in total. The molecule has 1 aliphatic heterocycles. The molecule has 1 fully saturated rings. The molecule has 1 aliphatic rings. The van der Waals surface area contributed by atoms with Crippen LogP contribution in [-0.2, 0) is 11.3 Å². The predicted molar refractivity (Wildman–Crippen MR) is 144 cm³/mol. The van der Waals surface area contributed by atoms with E-state index >= 15 is 0 Å². The third kappa shape index (κ3) is 5.39. The van der Waals surface area contributed by atoms with Crippen LogP contribution in [0.5, 0.6) is 0 Å². The lowest BCUT2D eigenvalue weighted by atomic mass is 10.1. The van der Waals surface area contributed by atoms with Crippen LogP contribution in [0.1, 0.15) is 26.0 Å². The normalized spacial score (nSPS) is 14.4. The van der Waals surface area contributed by atoms with E-state index in [-0.39, 0.29) is 16.5 Å². The molecule has 2 aromatic heterocycles. The first-order chi connectivity index (χ1) is 17.9. The monoisotopic (exact) mass is 497 g/mol. The van der Waals surface area contributed by atoms with Crippen LogP contribution in [0.25, 0.3) is 28.0 Å². The Morgan fingerprint density at radius 1 is 0.946 bits per heavy atom. The highest BCUT2D eigenvalue weighted by Crippen LogP contribution is 2.30. The van der Waals surface area contributed by atoms with Crippen molar-refractivity contribution in [3.05, 3.63) is 88.7 Å². The summed E-state index contributed by atoms with van der Waals surface area (Å²) in [6, 6.07) is 20.9. The van der Waals surface area contributed by atoms with Crippen LogP contribution in [-0.4, -0.2) is 56.2 Å². The first kappa shape index (κ1) is 24.6. The summed E-state index contributed by atoms with van der Waals surface area (Å²) in [5.41, 5.74) is 5.46. The van der Waals surface area contributed by atoms with Crippen molar-refractivity contribution in [1.29, 1.82) is 0 Å². The van der Waals surface area contributed by atoms with Crippen LogP contribution in [0, 0.1) is 16.0 Å². The number of hydrogen-bond acceptors (Lipinski definition) is 5. The molecule has 190 valence electrons. The summed E-state index contributed by atoms with van der Waals surface area (Å²) >= 11 is 0. The third-order valence-electron chi connectivity index (χ3n) is 6.84. The first-order valence-corrected chi connectivity index (χ1v) is 12.7. The molecule has 0 saturated carbocycles. The minimum Gasteiger partial charge on any atom is -0.340 e. The number of pyridine rings is 1. The maximum Gasteiger partial charge on any atom is 0.270 e. The standard InChI is InChI=1S/C29H31N5O3/c1-21(2)17-28(35)32-15-13-31(14-16-32)20-26-29(23-9-6-10-25(18-23)34(36)37)30-27-12-11-24(19-33(26)27)22-7-4-3-5-8-22/h3-12,18-19,21H,13-17,20H2,1-2H3. The number of nitro benzene ring substituents is 1. The average molecular weight is 498 g/mol. The molecule has 1 saturated heterocycles. The second-order valence-electron chi connectivity index (χ2n) is 9.98. The number of nitro groups is 1. The molecule has 37 heavy (non-hydrogen) atoms. The van der Waals surface area contributed by atoms with E-state index in [0.29, 0.717) is 32.0 Å². The molecule has 1 amide bonds. The van der Waals surface area contributed by atoms with Crippen molar-refractivity contribution in [2.75, 3.05) is 26.2 Å². The van der Waals surface area contributed by atoms with Crippen LogP contribution >= 0.6 is 0 Å². The van der Waals surface area contributed by atoms with Crippen molar-refractivity contribution in [2.24, 2.45) is 5.92 Å². The molecule has 0 radical (unpaired) electrons. The maximum atomic E-state index is 12.5. The summed E-state index contributed by atoms with van der Waals surface area (Å²) in [7, 11) is 0. The fourth-order valence-electron chi connectivity index (χ4n) is 4.89. The summed E-state index contributed by atoms with van der Waals surface area (Å²) in [6.07, 6.45) is 2.67. The van der Waals surface area contributed by atoms with Crippen LogP contribution in [0.3, 0.4) is 0 Å². The zero-order valence-corrected chi connectivity index (χ0v) is 21.2. The molecular weight excluding hydrogens is 466 g/mol. The lowest BCUT2D eigenvalue weighted by Crippen LogP contribution is -2.48. The molecule has 4 aromatic rings. The molecular formula is C29H31N5O3. The Morgan fingerprint density at radius 2 is 1.68 bits per heavy atom. The van der Waals surface area contributed by atoms with Gasteiger partial charge in [-0.15, -0.1) is 0 Å². The number of non-ortho nitro benzene ring substituents is 1. The molecule has 0 bridgehead atoms. The number of imidazole rings is 1. The van der Waals surface area contributed by atoms with Gasteiger partial charge in [0.05, 0.1) is 16.3 Å². The molecule has 0 atom stereocenters. The maximum absolute atomic E-state index is 12.5. The number of carbonyl (C=O) groups is 1. The van der Waals surface area contributed by atoms with Crippen molar-refractivity contribution in [2.45, 2.75) is 26.8 Å². The summed E-state index contributed by atoms with van der Waals surface area (Å²) < 4.78 is 2.10. The van der Waals surface area contributed by atoms with Gasteiger partial charge in [-0.25, -0.2) is 4.98 Å². The molecule has 0 N–H and O–H groups in total. The molecule has 0 aliphatic carbocycles. The molecule has 8 heteroatoms. The summed E-state index contributed by atoms with van der Waals surface area (Å²) in [5, 5.41) is 11.5. The minimum atomic E-state index is -0.375. The van der Waals surface area contributed by atoms with Crippen LogP contribution in [0.4, 0.5) is 5.69 Å². The van der Waals surface area contributed by atoms with Crippen molar-refractivity contribution in [3.63, 3.8) is 0 Å². The van der Waals surface area contributed by atoms with Gasteiger partial charge >= 0.3 is 0 Å². The number of hydrogen-bond donors (Lipinski definition) is 0. The number of carbonyl (C=O) groups excluding carboxylic acids is 1. The van der Waals surface area contributed by atoms with Gasteiger partial charge < -0.3 is 9.30 Å². The van der Waals surface area contributed by atoms with Gasteiger partial charge in [0.1, 0.15) is 5.65 Å². The van der Waals surface area contributed by atoms with Gasteiger partial charge in [0.25, 0.3) is 5.69 Å². The second-order valence-corrected chi connectivity index (χ2v) is 9.98. The SMILES string of the molecule is CC(C)CC(=O)N1CCN(Cc2c(-c3cccc([N+](=O)[O-])c3)nc3ccc(-c4ccccc4)cn23)CC1. The number of fused-ring (bicyclic) bond motifs is 1. The number of amides is 1. The zero-order valence-electron chi connectivity index (χ0n) is 21.2. The Kier molecular flexibility index (Phi) is 7.01. The Balaban J connectivity index is 1.50. The van der Waals surface area contributed by atoms with Crippen LogP contribution in [0.15, 0.2) is 72.9 Å². The van der Waals surface area contributed by atoms with E-state index in [1.807, 2.05) is 35.2 Å². The van der Waals surface area contributed by atoms with Gasteiger partial charge in [0, 0.05) is 63.0 Å². The molecule has 2 aromatic carbocycles. The van der Waals surface area contributed by atoms with Crippen molar-refractivity contribution >= 4 is 17.2 Å². The highest BCUT2D eigenvalue weighted by atomic mass is 16.6. The summed E-state index contributed by atoms with van der Waals surface area (Å²) in [5.74, 6) is 0.564. The molecule has 3 heterocycles. The van der Waals surface area contributed by atoms with Gasteiger partial charge in [-0.3, -0.25) is 19.8 Å². The van der Waals surface area contributed by atoms with E-state index in [2.05, 4.69) is 47.5 Å². The van der Waals surface area contributed by atoms with Gasteiger partial charge in [-0.2, -0.15) is 0 Å². The van der Waals surface area contributed by atoms with Crippen molar-refractivity contribution < 1.29 is 9.72 Å². The van der Waals surface area contributed by atoms with E-state index in [9.17, 15) is 14.9 Å². The smallest absolute Gasteiger partial charge is 0.270 e. The number of rotatable bonds is 7. The third-order valence-corrected chi connectivity index (χ3v) is 6.84. The average Bonchev–Trinajstić information content (AvgIpc) is 3.26. The van der Waals surface area contributed by atoms with E-state index < -0.39 is 0 Å². The Hall–Kier alpha value is -4.04. The van der Waals surface area contributed by atoms with E-state index in [1.165, 1.54) is 6.07 Å². The number of aromatic nitrogens is 2. The topological polar surface area (TPSA) is 84.0 Å². The highest BCUT2D eigenvalue weighted by molar-refractivity contribution is 5.76. The number of nitrogens with zero attached hydrogens (tertiary/aromatic N) is 5. The summed E-state index contributed by atoms with van der Waals surface area (Å²) in [6.45, 7) is 7.70. The Bertz CT molecular complexity index is 1420. The summed E-state index contributed by atoms with van der Waals surface area (Å²) in [4.78, 5) is 32.8. The van der Waals surface area contributed by atoms with E-state index in [0.717, 1.165) is 46.8 Å². The lowest BCUT2D eigenvalue weighted by Gasteiger charge is -2.35. The largest absolute Gasteiger partial charge is 0.340 e. The lowest BCUT2D eigenvalue weighted by molar-refractivity contribution is -0.384. The highest BCUT2D eigenvalue weighted by Gasteiger charge is 2.24. The van der Waals surface area contributed by atoms with Gasteiger partial charge in [0.2, 0.25) is 5.91 Å². The van der Waals surface area contributed by atoms with Gasteiger partial charge in [0.15, 0.2) is 0 Å². The first-order valence-electron chi connectivity index (χ1n) is 12.7. The van der Waals surface area contributed by atoms with Crippen molar-refractivity contribution in [3.8, 4) is 22.4 Å². The van der Waals surface area contributed by atoms with Gasteiger partial charge in [-0.05, 0) is 29.2 Å². The minimum absolute atomic E-state index is 0.0442. The van der Waals surface area contributed by atoms with Crippen LogP contribution in [0.2, 0.25) is 0 Å². The quantitative estimate of drug-likeness (QED) is 0.257. The number of piperazine rings is 1. The molecule has 0 unspecified atom stereocenters. The molecule has 0 spiro atoms.